The summed E-state index contributed by atoms with van der Waals surface area (Å²) < 4.78 is 11.3. The van der Waals surface area contributed by atoms with Gasteiger partial charge >= 0.3 is 0 Å². The number of nitrogen functional groups attached to an aromatic ring is 1. The highest BCUT2D eigenvalue weighted by molar-refractivity contribution is 6.33. The Kier molecular flexibility index (Phi) is 5.00. The number of aromatic nitrogens is 1. The molecule has 2 N–H and O–H groups in total. The van der Waals surface area contributed by atoms with Crippen LogP contribution in [0.4, 0.5) is 11.4 Å². The van der Waals surface area contributed by atoms with Crippen molar-refractivity contribution in [1.29, 1.82) is 0 Å². The molecule has 1 aliphatic rings. The summed E-state index contributed by atoms with van der Waals surface area (Å²) in [5, 5.41) is 0.640. The van der Waals surface area contributed by atoms with Crippen LogP contribution < -0.4 is 20.1 Å². The fourth-order valence-electron chi connectivity index (χ4n) is 3.00. The molecule has 0 bridgehead atoms. The third-order valence-corrected chi connectivity index (χ3v) is 4.65. The maximum absolute atomic E-state index is 6.31. The van der Waals surface area contributed by atoms with Gasteiger partial charge in [-0.05, 0) is 24.3 Å². The van der Waals surface area contributed by atoms with Crippen molar-refractivity contribution in [3.8, 4) is 11.6 Å². The van der Waals surface area contributed by atoms with Crippen molar-refractivity contribution in [3.63, 3.8) is 0 Å². The first kappa shape index (κ1) is 16.7. The number of ether oxygens (including phenoxy) is 2. The molecule has 1 fully saturated rings. The minimum Gasteiger partial charge on any atom is -0.490 e. The van der Waals surface area contributed by atoms with Crippen LogP contribution in [-0.2, 0) is 0 Å². The van der Waals surface area contributed by atoms with E-state index in [1.807, 2.05) is 30.3 Å². The maximum Gasteiger partial charge on any atom is 0.215 e. The van der Waals surface area contributed by atoms with Gasteiger partial charge in [-0.2, -0.15) is 0 Å². The van der Waals surface area contributed by atoms with Gasteiger partial charge in [-0.1, -0.05) is 18.5 Å². The van der Waals surface area contributed by atoms with Gasteiger partial charge in [0.25, 0.3) is 0 Å². The summed E-state index contributed by atoms with van der Waals surface area (Å²) in [4.78, 5) is 6.40. The van der Waals surface area contributed by atoms with Crippen molar-refractivity contribution in [1.82, 2.24) is 4.98 Å². The van der Waals surface area contributed by atoms with Crippen LogP contribution in [0.1, 0.15) is 13.3 Å². The Balaban J connectivity index is 1.68. The van der Waals surface area contributed by atoms with Crippen LogP contribution in [0.3, 0.4) is 0 Å². The summed E-state index contributed by atoms with van der Waals surface area (Å²) in [6.07, 6.45) is 2.73. The number of hydrogen-bond acceptors (Lipinski definition) is 5. The van der Waals surface area contributed by atoms with Crippen molar-refractivity contribution in [2.75, 3.05) is 30.8 Å². The van der Waals surface area contributed by atoms with E-state index in [4.69, 9.17) is 26.8 Å². The summed E-state index contributed by atoms with van der Waals surface area (Å²) in [6.45, 7) is 3.93. The zero-order chi connectivity index (χ0) is 17.1. The Hall–Kier alpha value is -2.14. The predicted octanol–water partition coefficient (Wildman–Crippen LogP) is 3.62. The summed E-state index contributed by atoms with van der Waals surface area (Å²) in [7, 11) is 1.61. The fourth-order valence-corrected chi connectivity index (χ4v) is 3.23. The van der Waals surface area contributed by atoms with Crippen LogP contribution >= 0.6 is 11.6 Å². The van der Waals surface area contributed by atoms with Crippen molar-refractivity contribution in [2.45, 2.75) is 19.4 Å². The molecule has 0 spiro atoms. The predicted molar refractivity (Wildman–Crippen MR) is 97.1 cm³/mol. The van der Waals surface area contributed by atoms with Gasteiger partial charge in [0.15, 0.2) is 0 Å². The van der Waals surface area contributed by atoms with Gasteiger partial charge in [0.1, 0.15) is 11.9 Å². The normalized spacial score (nSPS) is 20.7. The summed E-state index contributed by atoms with van der Waals surface area (Å²) in [6, 6.07) is 9.44. The molecule has 0 amide bonds. The van der Waals surface area contributed by atoms with E-state index < -0.39 is 0 Å². The van der Waals surface area contributed by atoms with Crippen LogP contribution in [0.25, 0.3) is 0 Å². The Morgan fingerprint density at radius 2 is 2.04 bits per heavy atom. The van der Waals surface area contributed by atoms with Crippen LogP contribution in [0.2, 0.25) is 5.02 Å². The quantitative estimate of drug-likeness (QED) is 0.856. The van der Waals surface area contributed by atoms with E-state index in [9.17, 15) is 0 Å². The second-order valence-corrected chi connectivity index (χ2v) is 6.52. The molecule has 2 heterocycles. The highest BCUT2D eigenvalue weighted by atomic mass is 35.5. The van der Waals surface area contributed by atoms with E-state index >= 15 is 0 Å². The molecule has 1 aromatic heterocycles. The number of anilines is 2. The molecule has 1 saturated heterocycles. The van der Waals surface area contributed by atoms with Crippen LogP contribution in [0.15, 0.2) is 36.5 Å². The number of hydrogen-bond donors (Lipinski definition) is 1. The Labute approximate surface area is 147 Å². The van der Waals surface area contributed by atoms with Gasteiger partial charge in [0, 0.05) is 37.2 Å². The Morgan fingerprint density at radius 1 is 1.29 bits per heavy atom. The Morgan fingerprint density at radius 3 is 2.71 bits per heavy atom. The highest BCUT2D eigenvalue weighted by Gasteiger charge is 2.29. The molecule has 2 aromatic rings. The third-order valence-electron chi connectivity index (χ3n) is 4.35. The molecule has 0 aliphatic carbocycles. The fraction of sp³-hybridized carbons (Fsp3) is 0.389. The minimum absolute atomic E-state index is 0.174. The van der Waals surface area contributed by atoms with Crippen LogP contribution in [-0.4, -0.2) is 31.3 Å². The first-order valence-corrected chi connectivity index (χ1v) is 8.41. The van der Waals surface area contributed by atoms with E-state index in [1.165, 1.54) is 0 Å². The van der Waals surface area contributed by atoms with E-state index in [2.05, 4.69) is 16.8 Å². The van der Waals surface area contributed by atoms with Crippen molar-refractivity contribution in [2.24, 2.45) is 5.92 Å². The average Bonchev–Trinajstić information content (AvgIpc) is 2.59. The zero-order valence-electron chi connectivity index (χ0n) is 13.9. The second-order valence-electron chi connectivity index (χ2n) is 6.12. The first-order valence-electron chi connectivity index (χ1n) is 8.03. The number of methoxy groups -OCH3 is 1. The van der Waals surface area contributed by atoms with Gasteiger partial charge in [-0.25, -0.2) is 4.98 Å². The van der Waals surface area contributed by atoms with E-state index in [0.717, 1.165) is 36.6 Å². The number of halogens is 1. The van der Waals surface area contributed by atoms with Gasteiger partial charge < -0.3 is 20.1 Å². The molecule has 5 nitrogen and oxygen atoms in total. The topological polar surface area (TPSA) is 60.6 Å². The Bertz CT molecular complexity index is 693. The molecule has 0 unspecified atom stereocenters. The van der Waals surface area contributed by atoms with E-state index in [-0.39, 0.29) is 6.10 Å². The monoisotopic (exact) mass is 347 g/mol. The SMILES string of the molecule is COc1cc(N2CC[C@@H](Oc3ccc(N)cc3)[C@H](C)C2)c(Cl)cn1. The molecule has 24 heavy (non-hydrogen) atoms. The summed E-state index contributed by atoms with van der Waals surface area (Å²) >= 11 is 6.31. The molecule has 0 saturated carbocycles. The van der Waals surface area contributed by atoms with Gasteiger partial charge in [0.05, 0.1) is 24.0 Å². The van der Waals surface area contributed by atoms with Gasteiger partial charge in [0.2, 0.25) is 5.88 Å². The lowest BCUT2D eigenvalue weighted by atomic mass is 9.96. The number of nitrogens with zero attached hydrogens (tertiary/aromatic N) is 2. The standard InChI is InChI=1S/C18H22ClN3O2/c1-12-11-22(16-9-18(23-2)21-10-15(16)19)8-7-17(12)24-14-5-3-13(20)4-6-14/h3-6,9-10,12,17H,7-8,11,20H2,1-2H3/t12-,17-/m1/s1. The molecule has 6 heteroatoms. The van der Waals surface area contributed by atoms with Crippen molar-refractivity contribution >= 4 is 23.0 Å². The van der Waals surface area contributed by atoms with E-state index in [1.54, 1.807) is 13.3 Å². The molecular weight excluding hydrogens is 326 g/mol. The van der Waals surface area contributed by atoms with Crippen molar-refractivity contribution < 1.29 is 9.47 Å². The van der Waals surface area contributed by atoms with Crippen LogP contribution in [0.5, 0.6) is 11.6 Å². The third kappa shape index (κ3) is 3.67. The van der Waals surface area contributed by atoms with Gasteiger partial charge in [-0.15, -0.1) is 0 Å². The van der Waals surface area contributed by atoms with E-state index in [0.29, 0.717) is 16.8 Å². The second kappa shape index (κ2) is 7.18. The lowest BCUT2D eigenvalue weighted by Crippen LogP contribution is -2.44. The lowest BCUT2D eigenvalue weighted by Gasteiger charge is -2.38. The minimum atomic E-state index is 0.174. The number of nitrogens with two attached hydrogens (primary N) is 1. The molecule has 0 radical (unpaired) electrons. The molecule has 1 aromatic carbocycles. The zero-order valence-corrected chi connectivity index (χ0v) is 14.7. The smallest absolute Gasteiger partial charge is 0.215 e. The molecular formula is C18H22ClN3O2. The maximum atomic E-state index is 6.31. The van der Waals surface area contributed by atoms with Crippen LogP contribution in [0, 0.1) is 5.92 Å². The number of piperidine rings is 1. The molecule has 1 aliphatic heterocycles. The lowest BCUT2D eigenvalue weighted by molar-refractivity contribution is 0.121. The summed E-state index contributed by atoms with van der Waals surface area (Å²) in [5.41, 5.74) is 7.42. The number of rotatable bonds is 4. The number of benzene rings is 1. The highest BCUT2D eigenvalue weighted by Crippen LogP contribution is 2.32. The summed E-state index contributed by atoms with van der Waals surface area (Å²) in [5.74, 6) is 1.80. The average molecular weight is 348 g/mol. The number of pyridine rings is 1. The molecule has 3 rings (SSSR count). The van der Waals surface area contributed by atoms with Gasteiger partial charge in [-0.3, -0.25) is 0 Å². The molecule has 2 atom stereocenters. The first-order chi connectivity index (χ1) is 11.6. The van der Waals surface area contributed by atoms with Crippen molar-refractivity contribution in [3.05, 3.63) is 41.6 Å². The largest absolute Gasteiger partial charge is 0.490 e. The molecule has 128 valence electrons.